The summed E-state index contributed by atoms with van der Waals surface area (Å²) >= 11 is 0. The molecular weight excluding hydrogens is 280 g/mol. The van der Waals surface area contributed by atoms with Crippen LogP contribution in [0.3, 0.4) is 0 Å². The van der Waals surface area contributed by atoms with Gasteiger partial charge in [0.15, 0.2) is 5.90 Å². The number of carbonyl (C=O) groups excluding carboxylic acids is 1. The molecule has 0 aliphatic carbocycles. The van der Waals surface area contributed by atoms with Crippen LogP contribution in [0.1, 0.15) is 45.0 Å². The molecule has 0 bridgehead atoms. The largest absolute Gasteiger partial charge is 0.484 e. The highest BCUT2D eigenvalue weighted by Gasteiger charge is 2.13. The fourth-order valence-electron chi connectivity index (χ4n) is 2.17. The molecule has 122 valence electrons. The van der Waals surface area contributed by atoms with Gasteiger partial charge in [0.05, 0.1) is 36.4 Å². The van der Waals surface area contributed by atoms with Crippen LogP contribution in [0.2, 0.25) is 0 Å². The van der Waals surface area contributed by atoms with Gasteiger partial charge in [-0.1, -0.05) is 19.9 Å². The number of amides is 1. The monoisotopic (exact) mass is 306 g/mol. The van der Waals surface area contributed by atoms with Crippen LogP contribution in [0.25, 0.3) is 0 Å². The molecule has 1 N–H and O–H groups in total. The predicted octanol–water partition coefficient (Wildman–Crippen LogP) is 3.21. The van der Waals surface area contributed by atoms with Crippen molar-refractivity contribution < 1.29 is 9.53 Å². The Kier molecular flexibility index (Phi) is 6.82. The third-order valence-corrected chi connectivity index (χ3v) is 3.24. The fourth-order valence-corrected chi connectivity index (χ4v) is 2.17. The van der Waals surface area contributed by atoms with E-state index in [4.69, 9.17) is 4.74 Å². The molecule has 1 amide bonds. The summed E-state index contributed by atoms with van der Waals surface area (Å²) in [6.45, 7) is 9.94. The molecule has 6 heteroatoms. The molecule has 0 aliphatic heterocycles. The standard InChI is InChI=1S/C16H26N4O2/c1-7-9-14(18-15(8-2)22-6)10-20-12(4)16(11(3)19-20)17-13(5)21/h9H,7-8,10H2,1-6H3,(H,17,21)/b14-9+,18-15?. The summed E-state index contributed by atoms with van der Waals surface area (Å²) in [4.78, 5) is 15.8. The zero-order chi connectivity index (χ0) is 16.7. The van der Waals surface area contributed by atoms with E-state index in [1.165, 1.54) is 6.92 Å². The number of methoxy groups -OCH3 is 1. The maximum absolute atomic E-state index is 11.3. The molecule has 6 nitrogen and oxygen atoms in total. The van der Waals surface area contributed by atoms with Crippen LogP contribution in [-0.4, -0.2) is 28.7 Å². The molecule has 1 heterocycles. The molecule has 0 radical (unpaired) electrons. The smallest absolute Gasteiger partial charge is 0.221 e. The molecule has 0 saturated carbocycles. The molecule has 0 aromatic carbocycles. The first-order valence-corrected chi connectivity index (χ1v) is 7.55. The summed E-state index contributed by atoms with van der Waals surface area (Å²) < 4.78 is 7.10. The number of aromatic nitrogens is 2. The number of anilines is 1. The number of carbonyl (C=O) groups is 1. The van der Waals surface area contributed by atoms with Gasteiger partial charge in [-0.3, -0.25) is 9.48 Å². The predicted molar refractivity (Wildman–Crippen MR) is 89.1 cm³/mol. The number of ether oxygens (including phenoxy) is 1. The van der Waals surface area contributed by atoms with Crippen molar-refractivity contribution in [2.45, 2.75) is 54.0 Å². The van der Waals surface area contributed by atoms with Crippen molar-refractivity contribution in [1.29, 1.82) is 0 Å². The Morgan fingerprint density at radius 3 is 2.59 bits per heavy atom. The van der Waals surface area contributed by atoms with Crippen LogP contribution in [0.15, 0.2) is 16.8 Å². The highest BCUT2D eigenvalue weighted by Crippen LogP contribution is 2.20. The zero-order valence-electron chi connectivity index (χ0n) is 14.4. The van der Waals surface area contributed by atoms with Crippen LogP contribution in [0.4, 0.5) is 5.69 Å². The molecular formula is C16H26N4O2. The van der Waals surface area contributed by atoms with Crippen molar-refractivity contribution in [3.8, 4) is 0 Å². The van der Waals surface area contributed by atoms with Crippen molar-refractivity contribution in [3.63, 3.8) is 0 Å². The number of aliphatic imine (C=N–C) groups is 1. The van der Waals surface area contributed by atoms with Crippen molar-refractivity contribution in [1.82, 2.24) is 9.78 Å². The third-order valence-electron chi connectivity index (χ3n) is 3.24. The van der Waals surface area contributed by atoms with E-state index in [9.17, 15) is 4.79 Å². The minimum absolute atomic E-state index is 0.0965. The van der Waals surface area contributed by atoms with E-state index in [0.29, 0.717) is 12.4 Å². The van der Waals surface area contributed by atoms with Crippen LogP contribution in [0.5, 0.6) is 0 Å². The van der Waals surface area contributed by atoms with E-state index in [0.717, 1.165) is 35.6 Å². The van der Waals surface area contributed by atoms with Crippen molar-refractivity contribution in [2.75, 3.05) is 12.4 Å². The topological polar surface area (TPSA) is 68.5 Å². The number of hydrogen-bond donors (Lipinski definition) is 1. The summed E-state index contributed by atoms with van der Waals surface area (Å²) in [6, 6.07) is 0. The minimum atomic E-state index is -0.0965. The van der Waals surface area contributed by atoms with E-state index < -0.39 is 0 Å². The second-order valence-electron chi connectivity index (χ2n) is 5.05. The van der Waals surface area contributed by atoms with E-state index in [1.54, 1.807) is 7.11 Å². The minimum Gasteiger partial charge on any atom is -0.484 e. The highest BCUT2D eigenvalue weighted by molar-refractivity contribution is 5.89. The van der Waals surface area contributed by atoms with E-state index in [1.807, 2.05) is 25.5 Å². The SMILES string of the molecule is CC/C=C(\Cn1nc(C)c(NC(C)=O)c1C)N=C(CC)OC. The quantitative estimate of drug-likeness (QED) is 0.648. The lowest BCUT2D eigenvalue weighted by Crippen LogP contribution is -2.09. The van der Waals surface area contributed by atoms with Crippen LogP contribution in [0, 0.1) is 13.8 Å². The first-order chi connectivity index (χ1) is 10.4. The molecule has 0 aliphatic rings. The molecule has 0 unspecified atom stereocenters. The zero-order valence-corrected chi connectivity index (χ0v) is 14.4. The molecule has 1 aromatic heterocycles. The summed E-state index contributed by atoms with van der Waals surface area (Å²) in [5, 5.41) is 7.32. The van der Waals surface area contributed by atoms with E-state index in [2.05, 4.69) is 28.4 Å². The Balaban J connectivity index is 3.08. The summed E-state index contributed by atoms with van der Waals surface area (Å²) in [5.41, 5.74) is 3.39. The van der Waals surface area contributed by atoms with Crippen molar-refractivity contribution in [2.24, 2.45) is 4.99 Å². The third kappa shape index (κ3) is 4.72. The number of nitrogens with one attached hydrogen (secondary N) is 1. The normalized spacial score (nSPS) is 12.5. The molecule has 0 atom stereocenters. The first-order valence-electron chi connectivity index (χ1n) is 7.55. The lowest BCUT2D eigenvalue weighted by Gasteiger charge is -2.08. The Hall–Kier alpha value is -2.11. The van der Waals surface area contributed by atoms with Crippen LogP contribution < -0.4 is 5.32 Å². The van der Waals surface area contributed by atoms with Gasteiger partial charge in [0, 0.05) is 13.3 Å². The van der Waals surface area contributed by atoms with Gasteiger partial charge in [0.2, 0.25) is 5.91 Å². The van der Waals surface area contributed by atoms with Gasteiger partial charge in [0.1, 0.15) is 0 Å². The van der Waals surface area contributed by atoms with Gasteiger partial charge in [-0.15, -0.1) is 0 Å². The lowest BCUT2D eigenvalue weighted by molar-refractivity contribution is -0.114. The Labute approximate surface area is 132 Å². The lowest BCUT2D eigenvalue weighted by atomic mass is 10.3. The second kappa shape index (κ2) is 8.36. The van der Waals surface area contributed by atoms with Gasteiger partial charge in [0.25, 0.3) is 0 Å². The van der Waals surface area contributed by atoms with Gasteiger partial charge in [-0.2, -0.15) is 5.10 Å². The number of aryl methyl sites for hydroxylation is 1. The van der Waals surface area contributed by atoms with Gasteiger partial charge in [-0.05, 0) is 20.3 Å². The molecule has 0 spiro atoms. The highest BCUT2D eigenvalue weighted by atomic mass is 16.5. The first kappa shape index (κ1) is 17.9. The fraction of sp³-hybridized carbons (Fsp3) is 0.562. The van der Waals surface area contributed by atoms with Crippen LogP contribution >= 0.6 is 0 Å². The van der Waals surface area contributed by atoms with Crippen molar-refractivity contribution >= 4 is 17.5 Å². The Bertz CT molecular complexity index is 579. The molecule has 1 aromatic rings. The molecule has 22 heavy (non-hydrogen) atoms. The maximum Gasteiger partial charge on any atom is 0.221 e. The van der Waals surface area contributed by atoms with E-state index in [-0.39, 0.29) is 5.91 Å². The average Bonchev–Trinajstić information content (AvgIpc) is 2.72. The van der Waals surface area contributed by atoms with Gasteiger partial charge < -0.3 is 10.1 Å². The summed E-state index contributed by atoms with van der Waals surface area (Å²) in [7, 11) is 1.63. The molecule has 1 rings (SSSR count). The number of hydrogen-bond acceptors (Lipinski definition) is 4. The Morgan fingerprint density at radius 1 is 1.41 bits per heavy atom. The molecule has 0 fully saturated rings. The van der Waals surface area contributed by atoms with E-state index >= 15 is 0 Å². The Morgan fingerprint density at radius 2 is 2.09 bits per heavy atom. The summed E-state index contributed by atoms with van der Waals surface area (Å²) in [5.74, 6) is 0.601. The number of rotatable bonds is 6. The van der Waals surface area contributed by atoms with Gasteiger partial charge in [-0.25, -0.2) is 4.99 Å². The molecule has 0 saturated heterocycles. The number of allylic oxidation sites excluding steroid dienone is 2. The van der Waals surface area contributed by atoms with Crippen LogP contribution in [-0.2, 0) is 16.1 Å². The number of nitrogens with zero attached hydrogens (tertiary/aromatic N) is 3. The van der Waals surface area contributed by atoms with Gasteiger partial charge >= 0.3 is 0 Å². The maximum atomic E-state index is 11.3. The summed E-state index contributed by atoms with van der Waals surface area (Å²) in [6.07, 6.45) is 3.69. The average molecular weight is 306 g/mol. The van der Waals surface area contributed by atoms with Crippen molar-refractivity contribution in [3.05, 3.63) is 23.2 Å². The second-order valence-corrected chi connectivity index (χ2v) is 5.05.